The lowest BCUT2D eigenvalue weighted by molar-refractivity contribution is 0.121. The molecule has 2 aromatic rings. The standard InChI is InChI=1S/C16H15FN2O/c17-16-13(10-18)5-3-6-14(16)11-20-9-8-12-4-1-2-7-15(12)19/h1-7H,8-9,11,19H2. The molecule has 102 valence electrons. The van der Waals surface area contributed by atoms with Crippen LogP contribution in [0.2, 0.25) is 0 Å². The van der Waals surface area contributed by atoms with Gasteiger partial charge in [0.15, 0.2) is 0 Å². The highest BCUT2D eigenvalue weighted by Gasteiger charge is 2.07. The fourth-order valence-corrected chi connectivity index (χ4v) is 1.90. The molecule has 4 heteroatoms. The summed E-state index contributed by atoms with van der Waals surface area (Å²) in [6.07, 6.45) is 0.673. The molecule has 2 N–H and O–H groups in total. The summed E-state index contributed by atoms with van der Waals surface area (Å²) in [5, 5.41) is 8.75. The van der Waals surface area contributed by atoms with E-state index in [0.29, 0.717) is 18.6 Å². The van der Waals surface area contributed by atoms with Crippen LogP contribution in [-0.4, -0.2) is 6.61 Å². The van der Waals surface area contributed by atoms with Crippen molar-refractivity contribution in [2.75, 3.05) is 12.3 Å². The van der Waals surface area contributed by atoms with Crippen molar-refractivity contribution in [1.29, 1.82) is 5.26 Å². The van der Waals surface area contributed by atoms with E-state index in [2.05, 4.69) is 0 Å². The highest BCUT2D eigenvalue weighted by atomic mass is 19.1. The molecule has 0 bridgehead atoms. The van der Waals surface area contributed by atoms with Crippen molar-refractivity contribution in [2.24, 2.45) is 0 Å². The van der Waals surface area contributed by atoms with Crippen molar-refractivity contribution >= 4 is 5.69 Å². The van der Waals surface area contributed by atoms with Gasteiger partial charge in [0.25, 0.3) is 0 Å². The maximum atomic E-state index is 13.8. The maximum Gasteiger partial charge on any atom is 0.146 e. The third kappa shape index (κ3) is 3.34. The molecular weight excluding hydrogens is 255 g/mol. The second kappa shape index (κ2) is 6.69. The average Bonchev–Trinajstić information content (AvgIpc) is 2.47. The van der Waals surface area contributed by atoms with E-state index in [1.807, 2.05) is 30.3 Å². The van der Waals surface area contributed by atoms with Crippen molar-refractivity contribution in [2.45, 2.75) is 13.0 Å². The van der Waals surface area contributed by atoms with Crippen LogP contribution in [0, 0.1) is 17.1 Å². The summed E-state index contributed by atoms with van der Waals surface area (Å²) in [6, 6.07) is 14.1. The van der Waals surface area contributed by atoms with Crippen LogP contribution >= 0.6 is 0 Å². The Labute approximate surface area is 117 Å². The van der Waals surface area contributed by atoms with Crippen LogP contribution in [0.3, 0.4) is 0 Å². The number of nitriles is 1. The van der Waals surface area contributed by atoms with E-state index in [1.54, 1.807) is 12.1 Å². The maximum absolute atomic E-state index is 13.8. The average molecular weight is 270 g/mol. The summed E-state index contributed by atoms with van der Waals surface area (Å²) in [7, 11) is 0. The van der Waals surface area contributed by atoms with Crippen LogP contribution in [-0.2, 0) is 17.8 Å². The fraction of sp³-hybridized carbons (Fsp3) is 0.188. The predicted molar refractivity (Wildman–Crippen MR) is 75.3 cm³/mol. The molecule has 20 heavy (non-hydrogen) atoms. The second-order valence-electron chi connectivity index (χ2n) is 4.39. The number of hydrogen-bond donors (Lipinski definition) is 1. The quantitative estimate of drug-likeness (QED) is 0.671. The lowest BCUT2D eigenvalue weighted by Gasteiger charge is -2.08. The number of para-hydroxylation sites is 1. The first-order chi connectivity index (χ1) is 9.72. The molecular formula is C16H15FN2O. The predicted octanol–water partition coefficient (Wildman–Crippen LogP) is 3.04. The Morgan fingerprint density at radius 3 is 2.60 bits per heavy atom. The molecule has 0 spiro atoms. The molecule has 2 rings (SSSR count). The first-order valence-corrected chi connectivity index (χ1v) is 6.31. The van der Waals surface area contributed by atoms with Crippen molar-refractivity contribution in [3.05, 3.63) is 65.0 Å². The minimum Gasteiger partial charge on any atom is -0.399 e. The lowest BCUT2D eigenvalue weighted by Crippen LogP contribution is -2.03. The van der Waals surface area contributed by atoms with E-state index in [4.69, 9.17) is 15.7 Å². The molecule has 0 aliphatic carbocycles. The summed E-state index contributed by atoms with van der Waals surface area (Å²) in [5.41, 5.74) is 8.00. The van der Waals surface area contributed by atoms with Crippen LogP contribution < -0.4 is 5.73 Å². The van der Waals surface area contributed by atoms with E-state index in [1.165, 1.54) is 6.07 Å². The zero-order valence-electron chi connectivity index (χ0n) is 11.0. The van der Waals surface area contributed by atoms with Gasteiger partial charge in [-0.1, -0.05) is 30.3 Å². The van der Waals surface area contributed by atoms with Gasteiger partial charge >= 0.3 is 0 Å². The van der Waals surface area contributed by atoms with Crippen molar-refractivity contribution < 1.29 is 9.13 Å². The van der Waals surface area contributed by atoms with E-state index < -0.39 is 5.82 Å². The SMILES string of the molecule is N#Cc1cccc(COCCc2ccccc2N)c1F. The third-order valence-electron chi connectivity index (χ3n) is 3.03. The number of halogens is 1. The summed E-state index contributed by atoms with van der Waals surface area (Å²) in [5.74, 6) is -0.505. The summed E-state index contributed by atoms with van der Waals surface area (Å²) in [6.45, 7) is 0.596. The zero-order valence-corrected chi connectivity index (χ0v) is 11.0. The van der Waals surface area contributed by atoms with Crippen molar-refractivity contribution in [3.63, 3.8) is 0 Å². The Kier molecular flexibility index (Phi) is 4.70. The van der Waals surface area contributed by atoms with Gasteiger partial charge in [0.2, 0.25) is 0 Å². The van der Waals surface area contributed by atoms with Crippen LogP contribution in [0.4, 0.5) is 10.1 Å². The number of hydrogen-bond acceptors (Lipinski definition) is 3. The van der Waals surface area contributed by atoms with Crippen LogP contribution in [0.1, 0.15) is 16.7 Å². The molecule has 0 aromatic heterocycles. The molecule has 0 saturated heterocycles. The molecule has 2 aromatic carbocycles. The lowest BCUT2D eigenvalue weighted by atomic mass is 10.1. The molecule has 0 amide bonds. The smallest absolute Gasteiger partial charge is 0.146 e. The van der Waals surface area contributed by atoms with E-state index in [-0.39, 0.29) is 12.2 Å². The summed E-state index contributed by atoms with van der Waals surface area (Å²) >= 11 is 0. The van der Waals surface area contributed by atoms with E-state index in [9.17, 15) is 4.39 Å². The first-order valence-electron chi connectivity index (χ1n) is 6.31. The molecule has 0 saturated carbocycles. The minimum absolute atomic E-state index is 0.0402. The first kappa shape index (κ1) is 14.0. The molecule has 0 fully saturated rings. The molecule has 3 nitrogen and oxygen atoms in total. The highest BCUT2D eigenvalue weighted by Crippen LogP contribution is 2.14. The zero-order chi connectivity index (χ0) is 14.4. The number of ether oxygens (including phenoxy) is 1. The molecule has 0 radical (unpaired) electrons. The van der Waals surface area contributed by atoms with Crippen LogP contribution in [0.25, 0.3) is 0 Å². The van der Waals surface area contributed by atoms with Gasteiger partial charge < -0.3 is 10.5 Å². The van der Waals surface area contributed by atoms with Gasteiger partial charge in [0.05, 0.1) is 18.8 Å². The highest BCUT2D eigenvalue weighted by molar-refractivity contribution is 5.46. The number of nitrogens with zero attached hydrogens (tertiary/aromatic N) is 1. The van der Waals surface area contributed by atoms with Crippen molar-refractivity contribution in [3.8, 4) is 6.07 Å². The van der Waals surface area contributed by atoms with Gasteiger partial charge in [0, 0.05) is 11.3 Å². The Morgan fingerprint density at radius 1 is 1.10 bits per heavy atom. The Balaban J connectivity index is 1.88. The molecule has 0 atom stereocenters. The molecule has 0 heterocycles. The number of anilines is 1. The summed E-state index contributed by atoms with van der Waals surface area (Å²) in [4.78, 5) is 0. The normalized spacial score (nSPS) is 10.2. The number of nitrogen functional groups attached to an aromatic ring is 1. The Hall–Kier alpha value is -2.38. The Morgan fingerprint density at radius 2 is 1.85 bits per heavy atom. The largest absolute Gasteiger partial charge is 0.399 e. The van der Waals surface area contributed by atoms with Crippen molar-refractivity contribution in [1.82, 2.24) is 0 Å². The fourth-order valence-electron chi connectivity index (χ4n) is 1.90. The topological polar surface area (TPSA) is 59.0 Å². The van der Waals surface area contributed by atoms with Gasteiger partial charge in [-0.05, 0) is 24.1 Å². The van der Waals surface area contributed by atoms with Gasteiger partial charge in [-0.15, -0.1) is 0 Å². The molecule has 0 aliphatic heterocycles. The monoisotopic (exact) mass is 270 g/mol. The van der Waals surface area contributed by atoms with Crippen LogP contribution in [0.5, 0.6) is 0 Å². The van der Waals surface area contributed by atoms with E-state index >= 15 is 0 Å². The van der Waals surface area contributed by atoms with Gasteiger partial charge in [-0.3, -0.25) is 0 Å². The van der Waals surface area contributed by atoms with Crippen LogP contribution in [0.15, 0.2) is 42.5 Å². The minimum atomic E-state index is -0.505. The molecule has 0 aliphatic rings. The van der Waals surface area contributed by atoms with Gasteiger partial charge in [0.1, 0.15) is 11.9 Å². The number of nitrogens with two attached hydrogens (primary N) is 1. The molecule has 0 unspecified atom stereocenters. The van der Waals surface area contributed by atoms with Gasteiger partial charge in [-0.25, -0.2) is 4.39 Å². The number of benzene rings is 2. The second-order valence-corrected chi connectivity index (χ2v) is 4.39. The van der Waals surface area contributed by atoms with E-state index in [0.717, 1.165) is 11.3 Å². The number of rotatable bonds is 5. The Bertz CT molecular complexity index is 635. The summed E-state index contributed by atoms with van der Waals surface area (Å²) < 4.78 is 19.2. The van der Waals surface area contributed by atoms with Gasteiger partial charge in [-0.2, -0.15) is 5.26 Å². The third-order valence-corrected chi connectivity index (χ3v) is 3.03.